The highest BCUT2D eigenvalue weighted by Crippen LogP contribution is 2.23. The minimum Gasteiger partial charge on any atom is -0.497 e. The number of nitrogens with zero attached hydrogens (tertiary/aromatic N) is 2. The lowest BCUT2D eigenvalue weighted by Gasteiger charge is -2.25. The van der Waals surface area contributed by atoms with Crippen molar-refractivity contribution in [3.63, 3.8) is 0 Å². The SMILES string of the molecule is COc1cccc(N(CCC(=O)N2CCCCCC2)S(C)(=O)=O)c1. The highest BCUT2D eigenvalue weighted by atomic mass is 32.2. The van der Waals surface area contributed by atoms with E-state index in [2.05, 4.69) is 0 Å². The maximum absolute atomic E-state index is 12.4. The van der Waals surface area contributed by atoms with E-state index in [1.54, 1.807) is 24.3 Å². The summed E-state index contributed by atoms with van der Waals surface area (Å²) in [6.07, 6.45) is 5.70. The highest BCUT2D eigenvalue weighted by Gasteiger charge is 2.21. The van der Waals surface area contributed by atoms with E-state index in [0.717, 1.165) is 45.0 Å². The summed E-state index contributed by atoms with van der Waals surface area (Å²) < 4.78 is 30.7. The lowest BCUT2D eigenvalue weighted by Crippen LogP contribution is -2.37. The first-order chi connectivity index (χ1) is 11.4. The van der Waals surface area contributed by atoms with Crippen molar-refractivity contribution in [2.45, 2.75) is 32.1 Å². The maximum Gasteiger partial charge on any atom is 0.232 e. The Bertz CT molecular complexity index is 652. The van der Waals surface area contributed by atoms with Gasteiger partial charge in [0.05, 0.1) is 19.1 Å². The Labute approximate surface area is 144 Å². The molecule has 0 saturated carbocycles. The molecule has 0 radical (unpaired) electrons. The minimum atomic E-state index is -3.47. The number of rotatable bonds is 6. The van der Waals surface area contributed by atoms with Crippen molar-refractivity contribution in [2.24, 2.45) is 0 Å². The van der Waals surface area contributed by atoms with Crippen LogP contribution < -0.4 is 9.04 Å². The smallest absolute Gasteiger partial charge is 0.232 e. The summed E-state index contributed by atoms with van der Waals surface area (Å²) >= 11 is 0. The van der Waals surface area contributed by atoms with E-state index < -0.39 is 10.0 Å². The highest BCUT2D eigenvalue weighted by molar-refractivity contribution is 7.92. The molecule has 2 rings (SSSR count). The number of anilines is 1. The molecule has 24 heavy (non-hydrogen) atoms. The van der Waals surface area contributed by atoms with Crippen LogP contribution in [0.5, 0.6) is 5.75 Å². The number of ether oxygens (including phenoxy) is 1. The van der Waals surface area contributed by atoms with Gasteiger partial charge in [-0.25, -0.2) is 8.42 Å². The minimum absolute atomic E-state index is 0.0217. The molecule has 134 valence electrons. The summed E-state index contributed by atoms with van der Waals surface area (Å²) in [5.74, 6) is 0.605. The van der Waals surface area contributed by atoms with E-state index in [1.807, 2.05) is 4.90 Å². The Morgan fingerprint density at radius 1 is 1.21 bits per heavy atom. The van der Waals surface area contributed by atoms with E-state index in [4.69, 9.17) is 4.74 Å². The van der Waals surface area contributed by atoms with Gasteiger partial charge in [0.1, 0.15) is 5.75 Å². The zero-order chi connectivity index (χ0) is 17.6. The molecular formula is C17H26N2O4S. The van der Waals surface area contributed by atoms with Crippen LogP contribution in [0.15, 0.2) is 24.3 Å². The van der Waals surface area contributed by atoms with Gasteiger partial charge in [0.2, 0.25) is 15.9 Å². The number of hydrogen-bond acceptors (Lipinski definition) is 4. The molecule has 0 aliphatic carbocycles. The van der Waals surface area contributed by atoms with Crippen LogP contribution in [0.2, 0.25) is 0 Å². The third-order valence-corrected chi connectivity index (χ3v) is 5.42. The monoisotopic (exact) mass is 354 g/mol. The Morgan fingerprint density at radius 3 is 2.46 bits per heavy atom. The van der Waals surface area contributed by atoms with Crippen molar-refractivity contribution < 1.29 is 17.9 Å². The fourth-order valence-electron chi connectivity index (χ4n) is 2.93. The van der Waals surface area contributed by atoms with Gasteiger partial charge in [0, 0.05) is 32.1 Å². The molecule has 0 atom stereocenters. The van der Waals surface area contributed by atoms with Crippen molar-refractivity contribution in [2.75, 3.05) is 37.3 Å². The average Bonchev–Trinajstić information content (AvgIpc) is 2.83. The summed E-state index contributed by atoms with van der Waals surface area (Å²) in [5, 5.41) is 0. The van der Waals surface area contributed by atoms with E-state index >= 15 is 0 Å². The molecule has 6 nitrogen and oxygen atoms in total. The number of benzene rings is 1. The standard InChI is InChI=1S/C17H26N2O4S/c1-23-16-9-7-8-15(14-16)19(24(2,21)22)13-10-17(20)18-11-5-3-4-6-12-18/h7-9,14H,3-6,10-13H2,1-2H3. The van der Waals surface area contributed by atoms with E-state index in [-0.39, 0.29) is 18.9 Å². The molecule has 1 aliphatic rings. The Balaban J connectivity index is 2.08. The first kappa shape index (κ1) is 18.6. The summed E-state index contributed by atoms with van der Waals surface area (Å²) in [4.78, 5) is 14.3. The van der Waals surface area contributed by atoms with Crippen molar-refractivity contribution in [1.29, 1.82) is 0 Å². The number of likely N-dealkylation sites (tertiary alicyclic amines) is 1. The molecule has 1 aromatic carbocycles. The van der Waals surface area contributed by atoms with Crippen molar-refractivity contribution >= 4 is 21.6 Å². The summed E-state index contributed by atoms with van der Waals surface area (Å²) in [6, 6.07) is 6.87. The molecule has 0 spiro atoms. The number of carbonyl (C=O) groups excluding carboxylic acids is 1. The third-order valence-electron chi connectivity index (χ3n) is 4.23. The topological polar surface area (TPSA) is 66.9 Å². The normalized spacial score (nSPS) is 15.7. The second kappa shape index (κ2) is 8.37. The van der Waals surface area contributed by atoms with Crippen LogP contribution in [0.4, 0.5) is 5.69 Å². The molecule has 0 aromatic heterocycles. The lowest BCUT2D eigenvalue weighted by atomic mass is 10.2. The fraction of sp³-hybridized carbons (Fsp3) is 0.588. The van der Waals surface area contributed by atoms with Crippen LogP contribution in [-0.2, 0) is 14.8 Å². The molecule has 1 heterocycles. The fourth-order valence-corrected chi connectivity index (χ4v) is 3.85. The number of sulfonamides is 1. The van der Waals surface area contributed by atoms with E-state index in [9.17, 15) is 13.2 Å². The lowest BCUT2D eigenvalue weighted by molar-refractivity contribution is -0.130. The quantitative estimate of drug-likeness (QED) is 0.786. The van der Waals surface area contributed by atoms with Gasteiger partial charge >= 0.3 is 0 Å². The maximum atomic E-state index is 12.4. The second-order valence-electron chi connectivity index (χ2n) is 6.08. The van der Waals surface area contributed by atoms with Crippen LogP contribution in [0.3, 0.4) is 0 Å². The average molecular weight is 354 g/mol. The van der Waals surface area contributed by atoms with Gasteiger partial charge in [-0.15, -0.1) is 0 Å². The van der Waals surface area contributed by atoms with E-state index in [1.165, 1.54) is 11.4 Å². The van der Waals surface area contributed by atoms with Crippen LogP contribution in [0.1, 0.15) is 32.1 Å². The molecule has 0 N–H and O–H groups in total. The molecule has 1 aromatic rings. The number of carbonyl (C=O) groups is 1. The van der Waals surface area contributed by atoms with Gasteiger partial charge in [-0.1, -0.05) is 18.9 Å². The molecule has 1 fully saturated rings. The molecule has 1 amide bonds. The van der Waals surface area contributed by atoms with Gasteiger partial charge in [-0.05, 0) is 25.0 Å². The van der Waals surface area contributed by atoms with Crippen LogP contribution in [-0.4, -0.2) is 52.2 Å². The zero-order valence-corrected chi connectivity index (χ0v) is 15.2. The number of amides is 1. The Hall–Kier alpha value is -1.76. The molecule has 1 aliphatic heterocycles. The third kappa shape index (κ3) is 5.12. The van der Waals surface area contributed by atoms with Crippen LogP contribution >= 0.6 is 0 Å². The molecular weight excluding hydrogens is 328 g/mol. The second-order valence-corrected chi connectivity index (χ2v) is 7.99. The van der Waals surface area contributed by atoms with Crippen LogP contribution in [0.25, 0.3) is 0 Å². The van der Waals surface area contributed by atoms with Gasteiger partial charge < -0.3 is 9.64 Å². The Kier molecular flexibility index (Phi) is 6.48. The van der Waals surface area contributed by atoms with Gasteiger partial charge in [0.25, 0.3) is 0 Å². The first-order valence-corrected chi connectivity index (χ1v) is 10.2. The number of methoxy groups -OCH3 is 1. The summed E-state index contributed by atoms with van der Waals surface area (Å²) in [7, 11) is -1.94. The van der Waals surface area contributed by atoms with Gasteiger partial charge in [0.15, 0.2) is 0 Å². The molecule has 7 heteroatoms. The largest absolute Gasteiger partial charge is 0.497 e. The predicted octanol–water partition coefficient (Wildman–Crippen LogP) is 2.25. The summed E-state index contributed by atoms with van der Waals surface area (Å²) in [5.41, 5.74) is 0.514. The first-order valence-electron chi connectivity index (χ1n) is 8.31. The van der Waals surface area contributed by atoms with Gasteiger partial charge in [-0.3, -0.25) is 9.10 Å². The van der Waals surface area contributed by atoms with Crippen LogP contribution in [0, 0.1) is 0 Å². The molecule has 0 bridgehead atoms. The zero-order valence-electron chi connectivity index (χ0n) is 14.4. The molecule has 1 saturated heterocycles. The Morgan fingerprint density at radius 2 is 1.88 bits per heavy atom. The summed E-state index contributed by atoms with van der Waals surface area (Å²) in [6.45, 7) is 1.69. The molecule has 0 unspecified atom stereocenters. The van der Waals surface area contributed by atoms with Crippen molar-refractivity contribution in [3.05, 3.63) is 24.3 Å². The number of hydrogen-bond donors (Lipinski definition) is 0. The predicted molar refractivity (Wildman–Crippen MR) is 94.8 cm³/mol. The van der Waals surface area contributed by atoms with E-state index in [0.29, 0.717) is 11.4 Å². The van der Waals surface area contributed by atoms with Gasteiger partial charge in [-0.2, -0.15) is 0 Å². The van der Waals surface area contributed by atoms with Crippen molar-refractivity contribution in [3.8, 4) is 5.75 Å². The van der Waals surface area contributed by atoms with Crippen molar-refractivity contribution in [1.82, 2.24) is 4.90 Å².